The first-order valence-corrected chi connectivity index (χ1v) is 9.87. The first-order valence-electron chi connectivity index (χ1n) is 9.49. The maximum absolute atomic E-state index is 12.3. The summed E-state index contributed by atoms with van der Waals surface area (Å²) in [5.41, 5.74) is 2.94. The van der Waals surface area contributed by atoms with Crippen molar-refractivity contribution in [3.63, 3.8) is 0 Å². The van der Waals surface area contributed by atoms with Crippen LogP contribution < -0.4 is 4.90 Å². The topological polar surface area (TPSA) is 101 Å². The second kappa shape index (κ2) is 7.10. The normalized spacial score (nSPS) is 16.6. The monoisotopic (exact) mass is 423 g/mol. The fourth-order valence-corrected chi connectivity index (χ4v) is 3.88. The average molecular weight is 424 g/mol. The Kier molecular flexibility index (Phi) is 4.39. The number of H-pyrrole nitrogens is 1. The van der Waals surface area contributed by atoms with Gasteiger partial charge in [-0.3, -0.25) is 10.00 Å². The second-order valence-electron chi connectivity index (χ2n) is 7.39. The van der Waals surface area contributed by atoms with Crippen LogP contribution in [0.2, 0.25) is 5.02 Å². The molecule has 1 amide bonds. The van der Waals surface area contributed by atoms with Gasteiger partial charge in [0.15, 0.2) is 11.5 Å². The number of anilines is 1. The van der Waals surface area contributed by atoms with Gasteiger partial charge in [0.2, 0.25) is 0 Å². The van der Waals surface area contributed by atoms with Gasteiger partial charge < -0.3 is 4.74 Å². The van der Waals surface area contributed by atoms with Crippen molar-refractivity contribution in [2.75, 3.05) is 11.5 Å². The van der Waals surface area contributed by atoms with Gasteiger partial charge in [0.25, 0.3) is 0 Å². The summed E-state index contributed by atoms with van der Waals surface area (Å²) < 4.78 is 6.92. The van der Waals surface area contributed by atoms with E-state index in [1.807, 2.05) is 12.1 Å². The number of rotatable bonds is 4. The number of nitrogens with zero attached hydrogens (tertiary/aromatic N) is 6. The molecule has 4 aromatic rings. The number of carbonyl (C=O) groups is 1. The average Bonchev–Trinajstić information content (AvgIpc) is 3.47. The van der Waals surface area contributed by atoms with Crippen molar-refractivity contribution in [1.29, 1.82) is 0 Å². The number of cyclic esters (lactones) is 1. The van der Waals surface area contributed by atoms with Gasteiger partial charge in [0.1, 0.15) is 18.8 Å². The number of hydrogen-bond donors (Lipinski definition) is 1. The third kappa shape index (κ3) is 2.98. The lowest BCUT2D eigenvalue weighted by atomic mass is 10.0. The van der Waals surface area contributed by atoms with Crippen LogP contribution in [0.1, 0.15) is 13.8 Å². The molecule has 30 heavy (non-hydrogen) atoms. The molecule has 1 saturated heterocycles. The van der Waals surface area contributed by atoms with Crippen LogP contribution in [0.3, 0.4) is 0 Å². The molecule has 1 unspecified atom stereocenters. The van der Waals surface area contributed by atoms with Gasteiger partial charge in [-0.1, -0.05) is 37.6 Å². The predicted molar refractivity (Wildman–Crippen MR) is 111 cm³/mol. The minimum atomic E-state index is -0.388. The van der Waals surface area contributed by atoms with Crippen LogP contribution in [-0.2, 0) is 4.74 Å². The molecule has 1 fully saturated rings. The lowest BCUT2D eigenvalue weighted by Crippen LogP contribution is -2.37. The van der Waals surface area contributed by atoms with E-state index in [-0.39, 0.29) is 18.1 Å². The summed E-state index contributed by atoms with van der Waals surface area (Å²) in [4.78, 5) is 22.8. The van der Waals surface area contributed by atoms with E-state index in [0.29, 0.717) is 28.9 Å². The van der Waals surface area contributed by atoms with Gasteiger partial charge in [-0.15, -0.1) is 0 Å². The summed E-state index contributed by atoms with van der Waals surface area (Å²) in [6.45, 7) is 4.46. The molecule has 0 spiro atoms. The molecule has 5 rings (SSSR count). The second-order valence-corrected chi connectivity index (χ2v) is 7.79. The molecule has 0 aliphatic carbocycles. The molecule has 1 aliphatic rings. The summed E-state index contributed by atoms with van der Waals surface area (Å²) in [6.07, 6.45) is 4.62. The molecule has 0 bridgehead atoms. The van der Waals surface area contributed by atoms with E-state index in [4.69, 9.17) is 21.3 Å². The van der Waals surface area contributed by atoms with Gasteiger partial charge >= 0.3 is 6.09 Å². The summed E-state index contributed by atoms with van der Waals surface area (Å²) in [5.74, 6) is 1.33. The molecular formula is C20H18ClN7O2. The van der Waals surface area contributed by atoms with E-state index >= 15 is 0 Å². The van der Waals surface area contributed by atoms with E-state index in [1.165, 1.54) is 6.33 Å². The number of aromatic nitrogens is 6. The Morgan fingerprint density at radius 3 is 2.87 bits per heavy atom. The van der Waals surface area contributed by atoms with Crippen molar-refractivity contribution in [2.24, 2.45) is 5.92 Å². The Morgan fingerprint density at radius 1 is 1.27 bits per heavy atom. The molecule has 1 aromatic carbocycles. The van der Waals surface area contributed by atoms with Crippen LogP contribution in [0.4, 0.5) is 10.6 Å². The maximum Gasteiger partial charge on any atom is 0.415 e. The van der Waals surface area contributed by atoms with E-state index in [1.54, 1.807) is 33.9 Å². The van der Waals surface area contributed by atoms with Crippen LogP contribution in [-0.4, -0.2) is 48.5 Å². The van der Waals surface area contributed by atoms with E-state index in [0.717, 1.165) is 16.7 Å². The number of amides is 1. The SMILES string of the molecule is CC(C)C1COC(=O)N1c1ccn2ncc(-c3ccc(-c4nc[nH]n4)cc3Cl)c2n1. The molecule has 10 heteroatoms. The highest BCUT2D eigenvalue weighted by Crippen LogP contribution is 2.34. The summed E-state index contributed by atoms with van der Waals surface area (Å²) in [6, 6.07) is 7.29. The number of fused-ring (bicyclic) bond motifs is 1. The Morgan fingerprint density at radius 2 is 2.13 bits per heavy atom. The highest BCUT2D eigenvalue weighted by atomic mass is 35.5. The van der Waals surface area contributed by atoms with Crippen LogP contribution >= 0.6 is 11.6 Å². The summed E-state index contributed by atoms with van der Waals surface area (Å²) >= 11 is 6.58. The van der Waals surface area contributed by atoms with Gasteiger partial charge in [0.05, 0.1) is 12.2 Å². The lowest BCUT2D eigenvalue weighted by molar-refractivity contribution is 0.177. The number of aromatic amines is 1. The minimum Gasteiger partial charge on any atom is -0.447 e. The zero-order valence-electron chi connectivity index (χ0n) is 16.3. The van der Waals surface area contributed by atoms with Gasteiger partial charge in [-0.25, -0.2) is 19.3 Å². The third-order valence-electron chi connectivity index (χ3n) is 5.21. The molecule has 9 nitrogen and oxygen atoms in total. The van der Waals surface area contributed by atoms with Crippen LogP contribution in [0.15, 0.2) is 43.0 Å². The number of hydrogen-bond acceptors (Lipinski definition) is 6. The van der Waals surface area contributed by atoms with E-state index in [2.05, 4.69) is 34.1 Å². The highest BCUT2D eigenvalue weighted by Gasteiger charge is 2.37. The van der Waals surface area contributed by atoms with Crippen molar-refractivity contribution in [3.05, 3.63) is 48.0 Å². The van der Waals surface area contributed by atoms with Crippen LogP contribution in [0.5, 0.6) is 0 Å². The molecule has 1 N–H and O–H groups in total. The standard InChI is InChI=1S/C20H18ClN7O2/c1-11(2)16-9-30-20(29)28(16)17-5-6-27-19(25-17)14(8-24-27)13-4-3-12(7-15(13)21)18-22-10-23-26-18/h3-8,10-11,16H,9H2,1-2H3,(H,22,23,26). The van der Waals surface area contributed by atoms with Gasteiger partial charge in [-0.05, 0) is 18.1 Å². The predicted octanol–water partition coefficient (Wildman–Crippen LogP) is 3.82. The Balaban J connectivity index is 1.58. The molecule has 0 saturated carbocycles. The molecule has 152 valence electrons. The van der Waals surface area contributed by atoms with Crippen molar-refractivity contribution < 1.29 is 9.53 Å². The minimum absolute atomic E-state index is 0.0666. The van der Waals surface area contributed by atoms with Crippen LogP contribution in [0.25, 0.3) is 28.2 Å². The summed E-state index contributed by atoms with van der Waals surface area (Å²) in [7, 11) is 0. The number of carbonyl (C=O) groups excluding carboxylic acids is 1. The molecule has 3 aromatic heterocycles. The molecule has 1 atom stereocenters. The molecular weight excluding hydrogens is 406 g/mol. The smallest absolute Gasteiger partial charge is 0.415 e. The molecule has 1 aliphatic heterocycles. The number of nitrogens with one attached hydrogen (secondary N) is 1. The van der Waals surface area contributed by atoms with Gasteiger partial charge in [0, 0.05) is 27.9 Å². The quantitative estimate of drug-likeness (QED) is 0.535. The maximum atomic E-state index is 12.3. The Bertz CT molecular complexity index is 1240. The Labute approximate surface area is 176 Å². The van der Waals surface area contributed by atoms with Crippen molar-refractivity contribution >= 4 is 29.2 Å². The highest BCUT2D eigenvalue weighted by molar-refractivity contribution is 6.33. The largest absolute Gasteiger partial charge is 0.447 e. The fraction of sp³-hybridized carbons (Fsp3) is 0.250. The third-order valence-corrected chi connectivity index (χ3v) is 5.52. The number of benzene rings is 1. The van der Waals surface area contributed by atoms with Gasteiger partial charge in [-0.2, -0.15) is 10.2 Å². The molecule has 0 radical (unpaired) electrons. The summed E-state index contributed by atoms with van der Waals surface area (Å²) in [5, 5.41) is 11.7. The first kappa shape index (κ1) is 18.6. The number of halogens is 1. The van der Waals surface area contributed by atoms with Crippen molar-refractivity contribution in [2.45, 2.75) is 19.9 Å². The Hall–Kier alpha value is -3.46. The van der Waals surface area contributed by atoms with Crippen molar-refractivity contribution in [3.8, 4) is 22.5 Å². The van der Waals surface area contributed by atoms with E-state index < -0.39 is 0 Å². The molecule has 4 heterocycles. The fourth-order valence-electron chi connectivity index (χ4n) is 3.59. The first-order chi connectivity index (χ1) is 14.5. The number of ether oxygens (including phenoxy) is 1. The zero-order chi connectivity index (χ0) is 20.8. The zero-order valence-corrected chi connectivity index (χ0v) is 17.0. The lowest BCUT2D eigenvalue weighted by Gasteiger charge is -2.23. The van der Waals surface area contributed by atoms with Crippen LogP contribution in [0, 0.1) is 5.92 Å². The van der Waals surface area contributed by atoms with E-state index in [9.17, 15) is 4.79 Å². The van der Waals surface area contributed by atoms with Crippen molar-refractivity contribution in [1.82, 2.24) is 29.8 Å².